The first-order chi connectivity index (χ1) is 8.97. The van der Waals surface area contributed by atoms with Crippen LogP contribution in [0, 0.1) is 12.3 Å². The van der Waals surface area contributed by atoms with E-state index >= 15 is 0 Å². The average molecular weight is 262 g/mol. The molecule has 0 aliphatic rings. The van der Waals surface area contributed by atoms with Crippen molar-refractivity contribution in [2.24, 2.45) is 14.1 Å². The predicted octanol–water partition coefficient (Wildman–Crippen LogP) is -0.336. The Morgan fingerprint density at radius 1 is 1.47 bits per heavy atom. The molecule has 1 aromatic rings. The minimum atomic E-state index is -0.592. The van der Waals surface area contributed by atoms with Gasteiger partial charge in [0, 0.05) is 32.8 Å². The van der Waals surface area contributed by atoms with Crippen LogP contribution < -0.4 is 11.2 Å². The van der Waals surface area contributed by atoms with Crippen LogP contribution in [-0.4, -0.2) is 21.7 Å². The van der Waals surface area contributed by atoms with Gasteiger partial charge in [-0.15, -0.1) is 12.3 Å². The minimum Gasteiger partial charge on any atom is -0.462 e. The van der Waals surface area contributed by atoms with Gasteiger partial charge in [0.2, 0.25) is 0 Å². The van der Waals surface area contributed by atoms with Gasteiger partial charge in [-0.2, -0.15) is 0 Å². The van der Waals surface area contributed by atoms with Crippen molar-refractivity contribution in [3.8, 4) is 12.3 Å². The molecule has 0 spiro atoms. The Labute approximate surface area is 109 Å². The van der Waals surface area contributed by atoms with E-state index in [0.29, 0.717) is 6.42 Å². The molecule has 0 fully saturated rings. The first kappa shape index (κ1) is 14.5. The Bertz CT molecular complexity index is 659. The maximum absolute atomic E-state index is 11.7. The summed E-state index contributed by atoms with van der Waals surface area (Å²) in [4.78, 5) is 34.5. The topological polar surface area (TPSA) is 70.3 Å². The molecule has 0 bridgehead atoms. The molecule has 6 nitrogen and oxygen atoms in total. The molecule has 0 aliphatic carbocycles. The van der Waals surface area contributed by atoms with Crippen LogP contribution in [0.3, 0.4) is 0 Å². The highest BCUT2D eigenvalue weighted by atomic mass is 16.5. The molecule has 0 unspecified atom stereocenters. The third-order valence-electron chi connectivity index (χ3n) is 2.36. The van der Waals surface area contributed by atoms with E-state index in [0.717, 1.165) is 10.6 Å². The van der Waals surface area contributed by atoms with Crippen molar-refractivity contribution in [2.45, 2.75) is 6.42 Å². The zero-order valence-corrected chi connectivity index (χ0v) is 10.8. The van der Waals surface area contributed by atoms with Crippen LogP contribution in [0.4, 0.5) is 0 Å². The number of carbonyl (C=O) groups is 1. The van der Waals surface area contributed by atoms with Crippen LogP contribution in [-0.2, 0) is 23.6 Å². The number of nitrogens with zero attached hydrogens (tertiary/aromatic N) is 2. The van der Waals surface area contributed by atoms with Crippen molar-refractivity contribution in [3.05, 3.63) is 38.7 Å². The molecule has 1 rings (SSSR count). The fourth-order valence-corrected chi connectivity index (χ4v) is 1.37. The molecule has 0 saturated carbocycles. The highest BCUT2D eigenvalue weighted by molar-refractivity contribution is 5.86. The van der Waals surface area contributed by atoms with Crippen molar-refractivity contribution >= 4 is 12.0 Å². The largest absolute Gasteiger partial charge is 0.462 e. The molecule has 0 amide bonds. The third-order valence-corrected chi connectivity index (χ3v) is 2.36. The molecule has 0 aliphatic heterocycles. The molecular weight excluding hydrogens is 248 g/mol. The zero-order valence-electron chi connectivity index (χ0n) is 10.8. The zero-order chi connectivity index (χ0) is 14.4. The molecule has 0 aromatic carbocycles. The number of esters is 1. The second-order valence-electron chi connectivity index (χ2n) is 3.80. The fourth-order valence-electron chi connectivity index (χ4n) is 1.37. The molecular formula is C13H14N2O4. The minimum absolute atomic E-state index is 0.130. The Kier molecular flexibility index (Phi) is 4.89. The molecule has 0 N–H and O–H groups in total. The Balaban J connectivity index is 2.90. The highest BCUT2D eigenvalue weighted by Gasteiger charge is 2.04. The summed E-state index contributed by atoms with van der Waals surface area (Å²) in [5.74, 6) is 1.74. The van der Waals surface area contributed by atoms with E-state index in [4.69, 9.17) is 11.2 Å². The molecule has 6 heteroatoms. The van der Waals surface area contributed by atoms with Gasteiger partial charge in [-0.1, -0.05) is 0 Å². The van der Waals surface area contributed by atoms with Gasteiger partial charge in [-0.25, -0.2) is 9.59 Å². The standard InChI is InChI=1S/C13H14N2O4/c1-4-5-8-19-11(16)7-6-10-9-14(2)13(18)15(3)12(10)17/h1,6-7,9H,5,8H2,2-3H3/b7-6+. The van der Waals surface area contributed by atoms with Gasteiger partial charge >= 0.3 is 11.7 Å². The van der Waals surface area contributed by atoms with Crippen molar-refractivity contribution in [3.63, 3.8) is 0 Å². The number of aromatic nitrogens is 2. The van der Waals surface area contributed by atoms with E-state index in [1.807, 2.05) is 0 Å². The van der Waals surface area contributed by atoms with Crippen LogP contribution in [0.25, 0.3) is 6.08 Å². The third kappa shape index (κ3) is 3.71. The van der Waals surface area contributed by atoms with E-state index in [1.165, 1.54) is 30.9 Å². The Morgan fingerprint density at radius 3 is 2.79 bits per heavy atom. The summed E-state index contributed by atoms with van der Waals surface area (Å²) in [5, 5.41) is 0. The van der Waals surface area contributed by atoms with Crippen LogP contribution >= 0.6 is 0 Å². The summed E-state index contributed by atoms with van der Waals surface area (Å²) >= 11 is 0. The number of hydrogen-bond donors (Lipinski definition) is 0. The van der Waals surface area contributed by atoms with Crippen molar-refractivity contribution in [1.29, 1.82) is 0 Å². The molecule has 1 heterocycles. The highest BCUT2D eigenvalue weighted by Crippen LogP contribution is 1.94. The SMILES string of the molecule is C#CCCOC(=O)/C=C/c1cn(C)c(=O)n(C)c1=O. The van der Waals surface area contributed by atoms with Gasteiger partial charge < -0.3 is 9.30 Å². The van der Waals surface area contributed by atoms with E-state index in [-0.39, 0.29) is 12.2 Å². The average Bonchev–Trinajstić information content (AvgIpc) is 2.39. The summed E-state index contributed by atoms with van der Waals surface area (Å²) in [6.45, 7) is 0.130. The number of aryl methyl sites for hydroxylation is 1. The number of hydrogen-bond acceptors (Lipinski definition) is 4. The lowest BCUT2D eigenvalue weighted by molar-refractivity contribution is -0.137. The maximum Gasteiger partial charge on any atom is 0.330 e. The van der Waals surface area contributed by atoms with E-state index in [1.54, 1.807) is 0 Å². The summed E-state index contributed by atoms with van der Waals surface area (Å²) in [7, 11) is 2.89. The molecule has 0 saturated heterocycles. The smallest absolute Gasteiger partial charge is 0.330 e. The molecule has 1 aromatic heterocycles. The van der Waals surface area contributed by atoms with Crippen molar-refractivity contribution in [2.75, 3.05) is 6.61 Å². The second kappa shape index (κ2) is 6.40. The second-order valence-corrected chi connectivity index (χ2v) is 3.80. The van der Waals surface area contributed by atoms with Crippen molar-refractivity contribution in [1.82, 2.24) is 9.13 Å². The number of terminal acetylenes is 1. The lowest BCUT2D eigenvalue weighted by Crippen LogP contribution is -2.37. The normalized spacial score (nSPS) is 10.4. The summed E-state index contributed by atoms with van der Waals surface area (Å²) in [6.07, 6.45) is 9.13. The van der Waals surface area contributed by atoms with E-state index in [2.05, 4.69) is 5.92 Å². The van der Waals surface area contributed by atoms with E-state index in [9.17, 15) is 14.4 Å². The number of carbonyl (C=O) groups excluding carboxylic acids is 1. The maximum atomic E-state index is 11.7. The first-order valence-corrected chi connectivity index (χ1v) is 5.52. The molecule has 0 radical (unpaired) electrons. The predicted molar refractivity (Wildman–Crippen MR) is 70.4 cm³/mol. The van der Waals surface area contributed by atoms with Crippen LogP contribution in [0.5, 0.6) is 0 Å². The summed E-state index contributed by atoms with van der Waals surface area (Å²) in [5.41, 5.74) is -0.687. The first-order valence-electron chi connectivity index (χ1n) is 5.52. The molecule has 0 atom stereocenters. The number of ether oxygens (including phenoxy) is 1. The fraction of sp³-hybridized carbons (Fsp3) is 0.308. The van der Waals surface area contributed by atoms with Crippen molar-refractivity contribution < 1.29 is 9.53 Å². The summed E-state index contributed by atoms with van der Waals surface area (Å²) < 4.78 is 7.00. The quantitative estimate of drug-likeness (QED) is 0.322. The number of rotatable bonds is 4. The van der Waals surface area contributed by atoms with Gasteiger partial charge in [-0.05, 0) is 6.08 Å². The summed E-state index contributed by atoms with van der Waals surface area (Å²) in [6, 6.07) is 0. The van der Waals surface area contributed by atoms with Gasteiger partial charge in [-0.3, -0.25) is 9.36 Å². The monoisotopic (exact) mass is 262 g/mol. The van der Waals surface area contributed by atoms with Crippen LogP contribution in [0.1, 0.15) is 12.0 Å². The Morgan fingerprint density at radius 2 is 2.16 bits per heavy atom. The van der Waals surface area contributed by atoms with Gasteiger partial charge in [0.25, 0.3) is 5.56 Å². The van der Waals surface area contributed by atoms with E-state index < -0.39 is 17.2 Å². The molecule has 19 heavy (non-hydrogen) atoms. The van der Waals surface area contributed by atoms with Gasteiger partial charge in [0.15, 0.2) is 0 Å². The lowest BCUT2D eigenvalue weighted by Gasteiger charge is -2.03. The van der Waals surface area contributed by atoms with Crippen LogP contribution in [0.2, 0.25) is 0 Å². The van der Waals surface area contributed by atoms with Gasteiger partial charge in [0.05, 0.1) is 5.56 Å². The van der Waals surface area contributed by atoms with Gasteiger partial charge in [0.1, 0.15) is 6.61 Å². The Hall–Kier alpha value is -2.55. The van der Waals surface area contributed by atoms with Crippen LogP contribution in [0.15, 0.2) is 21.9 Å². The lowest BCUT2D eigenvalue weighted by atomic mass is 10.3. The molecule has 100 valence electrons.